The van der Waals surface area contributed by atoms with E-state index in [2.05, 4.69) is 0 Å². The van der Waals surface area contributed by atoms with Crippen molar-refractivity contribution in [3.8, 4) is 0 Å². The molecule has 0 unspecified atom stereocenters. The smallest absolute Gasteiger partial charge is 0.0427 e. The minimum absolute atomic E-state index is 0.118. The Morgan fingerprint density at radius 2 is 2.12 bits per heavy atom. The van der Waals surface area contributed by atoms with Gasteiger partial charge < -0.3 is 14.8 Å². The van der Waals surface area contributed by atoms with Gasteiger partial charge in [0.1, 0.15) is 0 Å². The minimum Gasteiger partial charge on any atom is -0.550 e. The zero-order chi connectivity index (χ0) is 6.57. The largest absolute Gasteiger partial charge is 0.550 e. The molecule has 0 fully saturated rings. The van der Waals surface area contributed by atoms with Gasteiger partial charge in [0.25, 0.3) is 0 Å². The molecule has 0 aromatic carbocycles. The first-order valence-electron chi connectivity index (χ1n) is 2.47. The molecule has 3 heteroatoms. The predicted octanol–water partition coefficient (Wildman–Crippen LogP) is -1.31. The van der Waals surface area contributed by atoms with E-state index >= 15 is 0 Å². The summed E-state index contributed by atoms with van der Waals surface area (Å²) in [5.41, 5.74) is 0. The maximum Gasteiger partial charge on any atom is 0.0427 e. The summed E-state index contributed by atoms with van der Waals surface area (Å²) in [6.07, 6.45) is 0.118. The van der Waals surface area contributed by atoms with Gasteiger partial charge in [0.15, 0.2) is 0 Å². The fourth-order valence-electron chi connectivity index (χ4n) is 0.315. The number of carbonyl (C=O) groups is 1. The Morgan fingerprint density at radius 1 is 1.62 bits per heavy atom. The third-order valence-electron chi connectivity index (χ3n) is 0.763. The zero-order valence-electron chi connectivity index (χ0n) is 5.18. The monoisotopic (exact) mass is 116 g/mol. The van der Waals surface area contributed by atoms with Gasteiger partial charge in [-0.2, -0.15) is 0 Å². The summed E-state index contributed by atoms with van der Waals surface area (Å²) in [6, 6.07) is 0. The number of rotatable bonds is 3. The van der Waals surface area contributed by atoms with E-state index in [0.717, 1.165) is 0 Å². The molecule has 0 aliphatic rings. The van der Waals surface area contributed by atoms with E-state index in [4.69, 9.17) is 0 Å². The number of carboxylic acids is 1. The van der Waals surface area contributed by atoms with Gasteiger partial charge in [-0.1, -0.05) is 0 Å². The third-order valence-corrected chi connectivity index (χ3v) is 0.763. The molecule has 0 aromatic heterocycles. The first-order valence-corrected chi connectivity index (χ1v) is 2.47. The Bertz CT molecular complexity index is 80.5. The second-order valence-electron chi connectivity index (χ2n) is 1.93. The van der Waals surface area contributed by atoms with E-state index in [0.29, 0.717) is 6.54 Å². The van der Waals surface area contributed by atoms with Gasteiger partial charge >= 0.3 is 0 Å². The van der Waals surface area contributed by atoms with Crippen LogP contribution < -0.4 is 5.11 Å². The summed E-state index contributed by atoms with van der Waals surface area (Å²) >= 11 is 0. The van der Waals surface area contributed by atoms with Crippen molar-refractivity contribution in [3.63, 3.8) is 0 Å². The van der Waals surface area contributed by atoms with E-state index in [1.165, 1.54) is 0 Å². The highest BCUT2D eigenvalue weighted by Gasteiger charge is 1.87. The molecule has 0 bridgehead atoms. The van der Waals surface area contributed by atoms with Crippen LogP contribution in [0.15, 0.2) is 0 Å². The number of aliphatic carboxylic acids is 1. The molecule has 0 aliphatic carbocycles. The van der Waals surface area contributed by atoms with Gasteiger partial charge in [-0.15, -0.1) is 0 Å². The molecule has 0 spiro atoms. The lowest BCUT2D eigenvalue weighted by Gasteiger charge is -2.08. The van der Waals surface area contributed by atoms with Gasteiger partial charge in [0.2, 0.25) is 0 Å². The molecule has 0 heterocycles. The Morgan fingerprint density at radius 3 is 2.25 bits per heavy atom. The van der Waals surface area contributed by atoms with Gasteiger partial charge in [-0.05, 0) is 20.5 Å². The number of carboxylic acid groups (broad SMARTS) is 1. The topological polar surface area (TPSA) is 43.4 Å². The van der Waals surface area contributed by atoms with Crippen LogP contribution in [0.25, 0.3) is 0 Å². The molecule has 0 saturated heterocycles. The highest BCUT2D eigenvalue weighted by molar-refractivity contribution is 5.64. The summed E-state index contributed by atoms with van der Waals surface area (Å²) < 4.78 is 0. The van der Waals surface area contributed by atoms with E-state index in [1.54, 1.807) is 4.90 Å². The number of carbonyl (C=O) groups excluding carboxylic acids is 1. The van der Waals surface area contributed by atoms with Gasteiger partial charge in [-0.3, -0.25) is 0 Å². The van der Waals surface area contributed by atoms with Crippen molar-refractivity contribution in [1.82, 2.24) is 4.90 Å². The fraction of sp³-hybridized carbons (Fsp3) is 0.800. The van der Waals surface area contributed by atoms with Crippen molar-refractivity contribution in [1.29, 1.82) is 0 Å². The van der Waals surface area contributed by atoms with E-state index in [-0.39, 0.29) is 6.42 Å². The van der Waals surface area contributed by atoms with Crippen molar-refractivity contribution >= 4 is 5.97 Å². The third kappa shape index (κ3) is 5.43. The minimum atomic E-state index is -0.987. The van der Waals surface area contributed by atoms with E-state index in [9.17, 15) is 9.90 Å². The van der Waals surface area contributed by atoms with Crippen LogP contribution in [-0.2, 0) is 4.79 Å². The molecule has 3 nitrogen and oxygen atoms in total. The lowest BCUT2D eigenvalue weighted by Crippen LogP contribution is -2.27. The van der Waals surface area contributed by atoms with Crippen molar-refractivity contribution in [2.24, 2.45) is 0 Å². The number of hydrogen-bond acceptors (Lipinski definition) is 3. The second kappa shape index (κ2) is 3.43. The van der Waals surface area contributed by atoms with Crippen LogP contribution in [0.2, 0.25) is 0 Å². The molecular weight excluding hydrogens is 106 g/mol. The first-order chi connectivity index (χ1) is 3.63. The fourth-order valence-corrected chi connectivity index (χ4v) is 0.315. The number of hydrogen-bond donors (Lipinski definition) is 0. The Kier molecular flexibility index (Phi) is 3.19. The lowest BCUT2D eigenvalue weighted by atomic mass is 10.4. The molecule has 0 N–H and O–H groups in total. The lowest BCUT2D eigenvalue weighted by molar-refractivity contribution is -0.305. The highest BCUT2D eigenvalue weighted by Crippen LogP contribution is 1.78. The number of nitrogens with zero attached hydrogens (tertiary/aromatic N) is 1. The molecule has 8 heavy (non-hydrogen) atoms. The SMILES string of the molecule is CN(C)CCC(=O)[O-]. The molecule has 0 atom stereocenters. The molecule has 0 aliphatic heterocycles. The second-order valence-corrected chi connectivity index (χ2v) is 1.93. The van der Waals surface area contributed by atoms with Crippen LogP contribution in [0.3, 0.4) is 0 Å². The quantitative estimate of drug-likeness (QED) is 0.459. The van der Waals surface area contributed by atoms with Crippen molar-refractivity contribution < 1.29 is 9.90 Å². The molecular formula is C5H10NO2-. The Hall–Kier alpha value is -0.570. The first kappa shape index (κ1) is 7.43. The molecule has 0 rings (SSSR count). The maximum atomic E-state index is 9.77. The van der Waals surface area contributed by atoms with Crippen molar-refractivity contribution in [2.75, 3.05) is 20.6 Å². The van der Waals surface area contributed by atoms with E-state index < -0.39 is 5.97 Å². The molecule has 48 valence electrons. The van der Waals surface area contributed by atoms with Crippen LogP contribution in [0.4, 0.5) is 0 Å². The Balaban J connectivity index is 3.05. The summed E-state index contributed by atoms with van der Waals surface area (Å²) in [4.78, 5) is 11.6. The molecule has 0 amide bonds. The average Bonchev–Trinajstić information content (AvgIpc) is 1.61. The van der Waals surface area contributed by atoms with Crippen molar-refractivity contribution in [2.45, 2.75) is 6.42 Å². The van der Waals surface area contributed by atoms with Gasteiger partial charge in [-0.25, -0.2) is 0 Å². The summed E-state index contributed by atoms with van der Waals surface area (Å²) in [5.74, 6) is -0.987. The van der Waals surface area contributed by atoms with Crippen LogP contribution in [0.5, 0.6) is 0 Å². The standard InChI is InChI=1S/C5H11NO2/c1-6(2)4-3-5(7)8/h3-4H2,1-2H3,(H,7,8)/p-1. The van der Waals surface area contributed by atoms with Gasteiger partial charge in [0.05, 0.1) is 0 Å². The summed E-state index contributed by atoms with van der Waals surface area (Å²) in [7, 11) is 3.64. The molecule has 0 radical (unpaired) electrons. The maximum absolute atomic E-state index is 9.77. The normalized spacial score (nSPS) is 9.88. The van der Waals surface area contributed by atoms with E-state index in [1.807, 2.05) is 14.1 Å². The average molecular weight is 116 g/mol. The summed E-state index contributed by atoms with van der Waals surface area (Å²) in [5, 5.41) is 9.77. The molecule has 0 aromatic rings. The van der Waals surface area contributed by atoms with Crippen LogP contribution in [0, 0.1) is 0 Å². The highest BCUT2D eigenvalue weighted by atomic mass is 16.4. The van der Waals surface area contributed by atoms with Crippen LogP contribution in [-0.4, -0.2) is 31.5 Å². The zero-order valence-corrected chi connectivity index (χ0v) is 5.18. The van der Waals surface area contributed by atoms with Crippen LogP contribution >= 0.6 is 0 Å². The predicted molar refractivity (Wildman–Crippen MR) is 28.2 cm³/mol. The van der Waals surface area contributed by atoms with Crippen molar-refractivity contribution in [3.05, 3.63) is 0 Å². The summed E-state index contributed by atoms with van der Waals surface area (Å²) in [6.45, 7) is 0.558. The Labute approximate surface area is 48.9 Å². The molecule has 0 saturated carbocycles. The van der Waals surface area contributed by atoms with Gasteiger partial charge in [0, 0.05) is 12.5 Å². The van der Waals surface area contributed by atoms with Crippen LogP contribution in [0.1, 0.15) is 6.42 Å².